The lowest BCUT2D eigenvalue weighted by atomic mass is 9.78. The zero-order valence-electron chi connectivity index (χ0n) is 17.9. The number of hydrogen-bond acceptors (Lipinski definition) is 2. The first-order valence-electron chi connectivity index (χ1n) is 10.7. The highest BCUT2D eigenvalue weighted by Gasteiger charge is 2.48. The number of aliphatic hydroxyl groups excluding tert-OH is 1. The number of nitrogens with zero attached hydrogens (tertiary/aromatic N) is 1. The SMILES string of the molecule is Cc1ccc(C2[C@@H](CC[C@H](O)c3ccc(C)cc3)C(=O)N2c2ccccc2C)cc1. The van der Waals surface area contributed by atoms with Gasteiger partial charge in [0.25, 0.3) is 0 Å². The van der Waals surface area contributed by atoms with Crippen molar-refractivity contribution in [1.82, 2.24) is 0 Å². The normalized spacial score (nSPS) is 19.5. The summed E-state index contributed by atoms with van der Waals surface area (Å²) < 4.78 is 0. The van der Waals surface area contributed by atoms with Crippen molar-refractivity contribution in [3.63, 3.8) is 0 Å². The molecule has 1 aliphatic rings. The molecule has 0 aromatic heterocycles. The fourth-order valence-electron chi connectivity index (χ4n) is 4.37. The predicted octanol–water partition coefficient (Wildman–Crippen LogP) is 5.83. The molecule has 1 fully saturated rings. The lowest BCUT2D eigenvalue weighted by Gasteiger charge is -2.48. The number of carbonyl (C=O) groups excluding carboxylic acids is 1. The molecule has 1 saturated heterocycles. The van der Waals surface area contributed by atoms with E-state index in [9.17, 15) is 9.90 Å². The molecule has 1 aliphatic heterocycles. The van der Waals surface area contributed by atoms with Crippen molar-refractivity contribution in [2.24, 2.45) is 5.92 Å². The summed E-state index contributed by atoms with van der Waals surface area (Å²) >= 11 is 0. The number of aliphatic hydroxyl groups is 1. The third-order valence-corrected chi connectivity index (χ3v) is 6.22. The minimum Gasteiger partial charge on any atom is -0.388 e. The first kappa shape index (κ1) is 20.4. The van der Waals surface area contributed by atoms with Crippen LogP contribution in [0, 0.1) is 26.7 Å². The average Bonchev–Trinajstić information content (AvgIpc) is 2.74. The van der Waals surface area contributed by atoms with Gasteiger partial charge in [-0.25, -0.2) is 0 Å². The number of anilines is 1. The summed E-state index contributed by atoms with van der Waals surface area (Å²) in [5, 5.41) is 10.7. The maximum Gasteiger partial charge on any atom is 0.233 e. The highest BCUT2D eigenvalue weighted by molar-refractivity contribution is 6.03. The number of para-hydroxylation sites is 1. The maximum atomic E-state index is 13.2. The Morgan fingerprint density at radius 2 is 1.47 bits per heavy atom. The van der Waals surface area contributed by atoms with Crippen molar-refractivity contribution in [3.05, 3.63) is 101 Å². The molecule has 1 N–H and O–H groups in total. The Hall–Kier alpha value is -2.91. The molecule has 154 valence electrons. The van der Waals surface area contributed by atoms with Gasteiger partial charge in [0.2, 0.25) is 5.91 Å². The van der Waals surface area contributed by atoms with Gasteiger partial charge < -0.3 is 10.0 Å². The first-order chi connectivity index (χ1) is 14.5. The number of β-lactam (4-membered cyclic amide) rings is 1. The molecule has 1 amide bonds. The zero-order chi connectivity index (χ0) is 21.3. The Morgan fingerprint density at radius 1 is 0.867 bits per heavy atom. The molecule has 3 nitrogen and oxygen atoms in total. The van der Waals surface area contributed by atoms with Crippen molar-refractivity contribution < 1.29 is 9.90 Å². The Labute approximate surface area is 179 Å². The smallest absolute Gasteiger partial charge is 0.233 e. The fraction of sp³-hybridized carbons (Fsp3) is 0.296. The van der Waals surface area contributed by atoms with Crippen LogP contribution < -0.4 is 4.90 Å². The minimum atomic E-state index is -0.551. The molecule has 4 rings (SSSR count). The quantitative estimate of drug-likeness (QED) is 0.530. The topological polar surface area (TPSA) is 40.5 Å². The monoisotopic (exact) mass is 399 g/mol. The van der Waals surface area contributed by atoms with E-state index >= 15 is 0 Å². The van der Waals surface area contributed by atoms with E-state index in [4.69, 9.17) is 0 Å². The Balaban J connectivity index is 1.57. The molecule has 0 radical (unpaired) electrons. The van der Waals surface area contributed by atoms with E-state index in [1.807, 2.05) is 67.3 Å². The van der Waals surface area contributed by atoms with Gasteiger partial charge in [-0.2, -0.15) is 0 Å². The zero-order valence-corrected chi connectivity index (χ0v) is 17.9. The summed E-state index contributed by atoms with van der Waals surface area (Å²) in [5.74, 6) is 0.0263. The molecule has 1 heterocycles. The Morgan fingerprint density at radius 3 is 2.10 bits per heavy atom. The van der Waals surface area contributed by atoms with E-state index in [1.54, 1.807) is 0 Å². The van der Waals surface area contributed by atoms with Gasteiger partial charge >= 0.3 is 0 Å². The van der Waals surface area contributed by atoms with E-state index in [-0.39, 0.29) is 17.9 Å². The van der Waals surface area contributed by atoms with Crippen LogP contribution in [0.3, 0.4) is 0 Å². The summed E-state index contributed by atoms with van der Waals surface area (Å²) in [6.45, 7) is 6.16. The standard InChI is InChI=1S/C27H29NO2/c1-18-8-12-21(13-9-18)25(29)17-16-23-26(22-14-10-19(2)11-15-22)28(27(23)30)24-7-5-4-6-20(24)3/h4-15,23,25-26,29H,16-17H2,1-3H3/t23-,25+,26?/m1/s1. The number of benzene rings is 3. The van der Waals surface area contributed by atoms with E-state index in [0.717, 1.165) is 22.4 Å². The van der Waals surface area contributed by atoms with E-state index < -0.39 is 6.10 Å². The third kappa shape index (κ3) is 3.90. The predicted molar refractivity (Wildman–Crippen MR) is 121 cm³/mol. The van der Waals surface area contributed by atoms with Gasteiger partial charge in [0.15, 0.2) is 0 Å². The van der Waals surface area contributed by atoms with Crippen LogP contribution >= 0.6 is 0 Å². The number of rotatable bonds is 6. The highest BCUT2D eigenvalue weighted by atomic mass is 16.3. The number of aryl methyl sites for hydroxylation is 3. The fourth-order valence-corrected chi connectivity index (χ4v) is 4.37. The van der Waals surface area contributed by atoms with E-state index in [1.165, 1.54) is 11.1 Å². The minimum absolute atomic E-state index is 0.00409. The van der Waals surface area contributed by atoms with Crippen LogP contribution in [0.15, 0.2) is 72.8 Å². The number of amides is 1. The number of hydrogen-bond donors (Lipinski definition) is 1. The van der Waals surface area contributed by atoms with Crippen LogP contribution in [0.5, 0.6) is 0 Å². The van der Waals surface area contributed by atoms with Crippen LogP contribution in [0.1, 0.15) is 52.8 Å². The lowest BCUT2D eigenvalue weighted by Crippen LogP contribution is -2.55. The second kappa shape index (κ2) is 8.45. The van der Waals surface area contributed by atoms with Crippen molar-refractivity contribution in [1.29, 1.82) is 0 Å². The molecule has 0 aliphatic carbocycles. The van der Waals surface area contributed by atoms with Gasteiger partial charge in [-0.1, -0.05) is 77.9 Å². The van der Waals surface area contributed by atoms with Gasteiger partial charge in [0.05, 0.1) is 18.1 Å². The van der Waals surface area contributed by atoms with Crippen LogP contribution in [0.2, 0.25) is 0 Å². The van der Waals surface area contributed by atoms with Crippen LogP contribution in [-0.4, -0.2) is 11.0 Å². The second-order valence-corrected chi connectivity index (χ2v) is 8.46. The number of carbonyl (C=O) groups is 1. The molecular formula is C27H29NO2. The molecule has 3 aromatic carbocycles. The first-order valence-corrected chi connectivity index (χ1v) is 10.7. The maximum absolute atomic E-state index is 13.2. The van der Waals surface area contributed by atoms with Gasteiger partial charge in [-0.3, -0.25) is 4.79 Å². The molecule has 3 heteroatoms. The van der Waals surface area contributed by atoms with Crippen LogP contribution in [0.4, 0.5) is 5.69 Å². The van der Waals surface area contributed by atoms with Crippen LogP contribution in [-0.2, 0) is 4.79 Å². The largest absolute Gasteiger partial charge is 0.388 e. The lowest BCUT2D eigenvalue weighted by molar-refractivity contribution is -0.131. The van der Waals surface area contributed by atoms with E-state index in [2.05, 4.69) is 31.2 Å². The van der Waals surface area contributed by atoms with Gasteiger partial charge in [0.1, 0.15) is 0 Å². The second-order valence-electron chi connectivity index (χ2n) is 8.46. The molecule has 1 unspecified atom stereocenters. The van der Waals surface area contributed by atoms with Crippen molar-refractivity contribution in [2.75, 3.05) is 4.90 Å². The van der Waals surface area contributed by atoms with Gasteiger partial charge in [-0.15, -0.1) is 0 Å². The average molecular weight is 400 g/mol. The summed E-state index contributed by atoms with van der Waals surface area (Å²) in [7, 11) is 0. The summed E-state index contributed by atoms with van der Waals surface area (Å²) in [4.78, 5) is 15.1. The molecule has 0 bridgehead atoms. The molecule has 0 spiro atoms. The van der Waals surface area contributed by atoms with Gasteiger partial charge in [-0.05, 0) is 56.4 Å². The summed E-state index contributed by atoms with van der Waals surface area (Å²) in [6.07, 6.45) is 0.683. The summed E-state index contributed by atoms with van der Waals surface area (Å²) in [6, 6.07) is 24.5. The van der Waals surface area contributed by atoms with E-state index in [0.29, 0.717) is 12.8 Å². The van der Waals surface area contributed by atoms with Gasteiger partial charge in [0, 0.05) is 5.69 Å². The molecule has 3 aromatic rings. The van der Waals surface area contributed by atoms with Crippen molar-refractivity contribution in [3.8, 4) is 0 Å². The third-order valence-electron chi connectivity index (χ3n) is 6.22. The molecule has 0 saturated carbocycles. The van der Waals surface area contributed by atoms with Crippen molar-refractivity contribution >= 4 is 11.6 Å². The molecule has 30 heavy (non-hydrogen) atoms. The van der Waals surface area contributed by atoms with Crippen molar-refractivity contribution in [2.45, 2.75) is 45.8 Å². The highest BCUT2D eigenvalue weighted by Crippen LogP contribution is 2.47. The van der Waals surface area contributed by atoms with Crippen LogP contribution in [0.25, 0.3) is 0 Å². The summed E-state index contributed by atoms with van der Waals surface area (Å²) in [5.41, 5.74) is 6.52. The Kier molecular flexibility index (Phi) is 5.74. The Bertz CT molecular complexity index is 1020. The molecular weight excluding hydrogens is 370 g/mol. The molecule has 3 atom stereocenters.